The molecule has 0 unspecified atom stereocenters. The summed E-state index contributed by atoms with van der Waals surface area (Å²) in [6.45, 7) is 3.03. The minimum absolute atomic E-state index is 0.286. The van der Waals surface area contributed by atoms with Crippen LogP contribution in [-0.2, 0) is 11.2 Å². The van der Waals surface area contributed by atoms with E-state index >= 15 is 0 Å². The van der Waals surface area contributed by atoms with Gasteiger partial charge in [0.05, 0.1) is 6.61 Å². The van der Waals surface area contributed by atoms with Gasteiger partial charge >= 0.3 is 0 Å². The highest BCUT2D eigenvalue weighted by atomic mass is 16.5. The van der Waals surface area contributed by atoms with Crippen LogP contribution in [0.1, 0.15) is 18.5 Å². The third kappa shape index (κ3) is 2.80. The van der Waals surface area contributed by atoms with Crippen LogP contribution in [0, 0.1) is 5.41 Å². The molecule has 0 aliphatic carbocycles. The minimum Gasteiger partial charge on any atom is -0.384 e. The second-order valence-electron chi connectivity index (χ2n) is 4.68. The van der Waals surface area contributed by atoms with Gasteiger partial charge in [0.25, 0.3) is 0 Å². The van der Waals surface area contributed by atoms with Gasteiger partial charge in [0, 0.05) is 24.4 Å². The lowest BCUT2D eigenvalue weighted by atomic mass is 9.76. The van der Waals surface area contributed by atoms with E-state index in [2.05, 4.69) is 22.4 Å². The first-order valence-electron chi connectivity index (χ1n) is 5.94. The van der Waals surface area contributed by atoms with Gasteiger partial charge < -0.3 is 10.1 Å². The molecule has 0 saturated carbocycles. The first-order valence-corrected chi connectivity index (χ1v) is 5.94. The molecule has 1 aromatic rings. The van der Waals surface area contributed by atoms with Gasteiger partial charge in [-0.1, -0.05) is 6.07 Å². The highest BCUT2D eigenvalue weighted by Crippen LogP contribution is 2.32. The van der Waals surface area contributed by atoms with E-state index in [-0.39, 0.29) is 5.41 Å². The summed E-state index contributed by atoms with van der Waals surface area (Å²) in [5, 5.41) is 3.41. The van der Waals surface area contributed by atoms with Crippen molar-refractivity contribution in [2.75, 3.05) is 26.8 Å². The standard InChI is InChI=1S/C13H20N2O/c1-16-11-13(5-8-14-9-6-13)10-12-4-2-3-7-15-12/h2-4,7,14H,5-6,8-11H2,1H3. The molecule has 3 heteroatoms. The Morgan fingerprint density at radius 3 is 2.81 bits per heavy atom. The lowest BCUT2D eigenvalue weighted by Gasteiger charge is -2.36. The van der Waals surface area contributed by atoms with Gasteiger partial charge in [0.2, 0.25) is 0 Å². The molecule has 0 bridgehead atoms. The van der Waals surface area contributed by atoms with Gasteiger partial charge in [0.1, 0.15) is 0 Å². The lowest BCUT2D eigenvalue weighted by Crippen LogP contribution is -2.41. The average molecular weight is 220 g/mol. The van der Waals surface area contributed by atoms with E-state index in [1.807, 2.05) is 12.3 Å². The van der Waals surface area contributed by atoms with E-state index in [1.165, 1.54) is 18.5 Å². The lowest BCUT2D eigenvalue weighted by molar-refractivity contribution is 0.0533. The smallest absolute Gasteiger partial charge is 0.0523 e. The van der Waals surface area contributed by atoms with Crippen molar-refractivity contribution in [3.63, 3.8) is 0 Å². The Labute approximate surface area is 97.2 Å². The molecule has 0 radical (unpaired) electrons. The maximum atomic E-state index is 5.40. The van der Waals surface area contributed by atoms with Crippen molar-refractivity contribution in [1.82, 2.24) is 10.3 Å². The van der Waals surface area contributed by atoms with Crippen LogP contribution >= 0.6 is 0 Å². The molecule has 88 valence electrons. The summed E-state index contributed by atoms with van der Waals surface area (Å²) in [7, 11) is 1.79. The number of rotatable bonds is 4. The summed E-state index contributed by atoms with van der Waals surface area (Å²) < 4.78 is 5.40. The summed E-state index contributed by atoms with van der Waals surface area (Å²) in [6, 6.07) is 6.14. The number of hydrogen-bond donors (Lipinski definition) is 1. The second-order valence-corrected chi connectivity index (χ2v) is 4.68. The van der Waals surface area contributed by atoms with E-state index in [9.17, 15) is 0 Å². The van der Waals surface area contributed by atoms with Crippen LogP contribution in [0.25, 0.3) is 0 Å². The van der Waals surface area contributed by atoms with Crippen molar-refractivity contribution in [2.45, 2.75) is 19.3 Å². The number of piperidine rings is 1. The molecule has 2 rings (SSSR count). The summed E-state index contributed by atoms with van der Waals surface area (Å²) in [5.41, 5.74) is 1.47. The topological polar surface area (TPSA) is 34.1 Å². The van der Waals surface area contributed by atoms with Crippen molar-refractivity contribution in [3.05, 3.63) is 30.1 Å². The van der Waals surface area contributed by atoms with Gasteiger partial charge in [-0.25, -0.2) is 0 Å². The van der Waals surface area contributed by atoms with E-state index in [1.54, 1.807) is 7.11 Å². The number of aromatic nitrogens is 1. The first-order chi connectivity index (χ1) is 7.85. The highest BCUT2D eigenvalue weighted by Gasteiger charge is 2.32. The minimum atomic E-state index is 0.286. The molecule has 1 aliphatic heterocycles. The molecular weight excluding hydrogens is 200 g/mol. The van der Waals surface area contributed by atoms with Crippen LogP contribution in [0.4, 0.5) is 0 Å². The molecule has 1 fully saturated rings. The van der Waals surface area contributed by atoms with Gasteiger partial charge in [0.15, 0.2) is 0 Å². The zero-order chi connectivity index (χ0) is 11.3. The zero-order valence-electron chi connectivity index (χ0n) is 9.91. The van der Waals surface area contributed by atoms with Crippen molar-refractivity contribution < 1.29 is 4.74 Å². The van der Waals surface area contributed by atoms with E-state index in [0.717, 1.165) is 26.1 Å². The largest absolute Gasteiger partial charge is 0.384 e. The Balaban J connectivity index is 2.07. The Morgan fingerprint density at radius 2 is 2.19 bits per heavy atom. The third-order valence-corrected chi connectivity index (χ3v) is 3.40. The normalized spacial score (nSPS) is 19.6. The van der Waals surface area contributed by atoms with E-state index in [4.69, 9.17) is 4.74 Å². The molecule has 3 nitrogen and oxygen atoms in total. The number of pyridine rings is 1. The predicted octanol–water partition coefficient (Wildman–Crippen LogP) is 1.64. The van der Waals surface area contributed by atoms with Crippen LogP contribution in [0.5, 0.6) is 0 Å². The number of methoxy groups -OCH3 is 1. The van der Waals surface area contributed by atoms with Gasteiger partial charge in [-0.05, 0) is 44.5 Å². The maximum absolute atomic E-state index is 5.40. The number of ether oxygens (including phenoxy) is 1. The molecule has 2 heterocycles. The number of nitrogens with zero attached hydrogens (tertiary/aromatic N) is 1. The monoisotopic (exact) mass is 220 g/mol. The Bertz CT molecular complexity index is 301. The van der Waals surface area contributed by atoms with E-state index < -0.39 is 0 Å². The van der Waals surface area contributed by atoms with Crippen LogP contribution in [0.2, 0.25) is 0 Å². The number of nitrogens with one attached hydrogen (secondary N) is 1. The van der Waals surface area contributed by atoms with Crippen LogP contribution in [0.3, 0.4) is 0 Å². The quantitative estimate of drug-likeness (QED) is 0.837. The Kier molecular flexibility index (Phi) is 3.91. The average Bonchev–Trinajstić information content (AvgIpc) is 2.31. The van der Waals surface area contributed by atoms with Crippen molar-refractivity contribution in [1.29, 1.82) is 0 Å². The number of hydrogen-bond acceptors (Lipinski definition) is 3. The van der Waals surface area contributed by atoms with Crippen molar-refractivity contribution in [3.8, 4) is 0 Å². The van der Waals surface area contributed by atoms with Gasteiger partial charge in [-0.15, -0.1) is 0 Å². The summed E-state index contributed by atoms with van der Waals surface area (Å²) in [4.78, 5) is 4.42. The molecule has 0 aromatic carbocycles. The predicted molar refractivity (Wildman–Crippen MR) is 64.4 cm³/mol. The Hall–Kier alpha value is -0.930. The molecule has 1 saturated heterocycles. The summed E-state index contributed by atoms with van der Waals surface area (Å²) >= 11 is 0. The zero-order valence-corrected chi connectivity index (χ0v) is 9.91. The molecule has 0 atom stereocenters. The van der Waals surface area contributed by atoms with Crippen LogP contribution < -0.4 is 5.32 Å². The van der Waals surface area contributed by atoms with Crippen molar-refractivity contribution >= 4 is 0 Å². The second kappa shape index (κ2) is 5.41. The van der Waals surface area contributed by atoms with Crippen LogP contribution in [-0.4, -0.2) is 31.8 Å². The fraction of sp³-hybridized carbons (Fsp3) is 0.615. The highest BCUT2D eigenvalue weighted by molar-refractivity contribution is 5.07. The maximum Gasteiger partial charge on any atom is 0.0523 e. The molecule has 1 aromatic heterocycles. The van der Waals surface area contributed by atoms with Crippen molar-refractivity contribution in [2.24, 2.45) is 5.41 Å². The third-order valence-electron chi connectivity index (χ3n) is 3.40. The molecule has 0 amide bonds. The SMILES string of the molecule is COCC1(Cc2ccccn2)CCNCC1. The first kappa shape index (κ1) is 11.6. The Morgan fingerprint density at radius 1 is 1.38 bits per heavy atom. The van der Waals surface area contributed by atoms with Crippen LogP contribution in [0.15, 0.2) is 24.4 Å². The molecule has 0 spiro atoms. The van der Waals surface area contributed by atoms with Gasteiger partial charge in [-0.3, -0.25) is 4.98 Å². The molecule has 1 aliphatic rings. The van der Waals surface area contributed by atoms with E-state index in [0.29, 0.717) is 0 Å². The molecule has 16 heavy (non-hydrogen) atoms. The fourth-order valence-corrected chi connectivity index (χ4v) is 2.52. The van der Waals surface area contributed by atoms with Gasteiger partial charge in [-0.2, -0.15) is 0 Å². The fourth-order valence-electron chi connectivity index (χ4n) is 2.52. The molecular formula is C13H20N2O. The molecule has 1 N–H and O–H groups in total. The summed E-state index contributed by atoms with van der Waals surface area (Å²) in [6.07, 6.45) is 5.26. The summed E-state index contributed by atoms with van der Waals surface area (Å²) in [5.74, 6) is 0.